The van der Waals surface area contributed by atoms with Gasteiger partial charge in [-0.05, 0) is 55.8 Å². The molecule has 7 heteroatoms. The predicted molar refractivity (Wildman–Crippen MR) is 96.9 cm³/mol. The van der Waals surface area contributed by atoms with Gasteiger partial charge in [0, 0.05) is 5.56 Å². The lowest BCUT2D eigenvalue weighted by Gasteiger charge is -2.09. The van der Waals surface area contributed by atoms with Gasteiger partial charge in [-0.1, -0.05) is 11.6 Å². The molecule has 132 valence electrons. The minimum atomic E-state index is -0.357. The first-order valence-corrected chi connectivity index (χ1v) is 7.95. The highest BCUT2D eigenvalue weighted by molar-refractivity contribution is 6.32. The van der Waals surface area contributed by atoms with Crippen molar-refractivity contribution in [3.8, 4) is 17.2 Å². The molecule has 0 fully saturated rings. The number of hydrogen-bond donors (Lipinski definition) is 2. The minimum Gasteiger partial charge on any atom is -0.503 e. The minimum absolute atomic E-state index is 0.0680. The van der Waals surface area contributed by atoms with Gasteiger partial charge in [0.05, 0.1) is 24.5 Å². The number of amides is 1. The van der Waals surface area contributed by atoms with Crippen molar-refractivity contribution in [1.82, 2.24) is 5.43 Å². The van der Waals surface area contributed by atoms with Gasteiger partial charge in [-0.3, -0.25) is 4.79 Å². The van der Waals surface area contributed by atoms with E-state index in [2.05, 4.69) is 10.5 Å². The van der Waals surface area contributed by atoms with E-state index in [0.717, 1.165) is 0 Å². The van der Waals surface area contributed by atoms with E-state index >= 15 is 0 Å². The first-order chi connectivity index (χ1) is 11.9. The number of hydrogen-bond acceptors (Lipinski definition) is 5. The van der Waals surface area contributed by atoms with Gasteiger partial charge in [-0.2, -0.15) is 5.10 Å². The molecule has 0 spiro atoms. The molecular formula is C18H19ClN2O4. The Labute approximate surface area is 151 Å². The van der Waals surface area contributed by atoms with Gasteiger partial charge in [-0.15, -0.1) is 0 Å². The van der Waals surface area contributed by atoms with Crippen molar-refractivity contribution in [3.63, 3.8) is 0 Å². The number of rotatable bonds is 6. The van der Waals surface area contributed by atoms with Crippen LogP contribution in [-0.2, 0) is 0 Å². The molecule has 0 aliphatic rings. The van der Waals surface area contributed by atoms with Gasteiger partial charge in [0.25, 0.3) is 5.91 Å². The second-order valence-electron chi connectivity index (χ2n) is 5.44. The Kier molecular flexibility index (Phi) is 6.25. The van der Waals surface area contributed by atoms with E-state index in [9.17, 15) is 9.90 Å². The number of benzene rings is 2. The fourth-order valence-electron chi connectivity index (χ4n) is 2.01. The number of methoxy groups -OCH3 is 1. The van der Waals surface area contributed by atoms with E-state index in [1.165, 1.54) is 19.4 Å². The van der Waals surface area contributed by atoms with Crippen LogP contribution in [0.25, 0.3) is 0 Å². The maximum atomic E-state index is 12.1. The van der Waals surface area contributed by atoms with Gasteiger partial charge >= 0.3 is 0 Å². The average molecular weight is 363 g/mol. The number of aromatic hydroxyl groups is 1. The van der Waals surface area contributed by atoms with Gasteiger partial charge in [0.1, 0.15) is 5.75 Å². The van der Waals surface area contributed by atoms with Crippen LogP contribution in [0.3, 0.4) is 0 Å². The summed E-state index contributed by atoms with van der Waals surface area (Å²) < 4.78 is 10.5. The van der Waals surface area contributed by atoms with Crippen molar-refractivity contribution >= 4 is 23.7 Å². The highest BCUT2D eigenvalue weighted by atomic mass is 35.5. The van der Waals surface area contributed by atoms with Crippen molar-refractivity contribution in [2.75, 3.05) is 7.11 Å². The molecule has 0 aromatic heterocycles. The number of phenols is 1. The lowest BCUT2D eigenvalue weighted by atomic mass is 10.2. The summed E-state index contributed by atoms with van der Waals surface area (Å²) in [6.07, 6.45) is 1.47. The number of phenolic OH excluding ortho intramolecular Hbond substituents is 1. The molecule has 0 aliphatic carbocycles. The van der Waals surface area contributed by atoms with Crippen LogP contribution in [-0.4, -0.2) is 30.4 Å². The third-order valence-corrected chi connectivity index (χ3v) is 3.43. The lowest BCUT2D eigenvalue weighted by Crippen LogP contribution is -2.17. The van der Waals surface area contributed by atoms with E-state index in [1.54, 1.807) is 30.3 Å². The molecule has 0 saturated heterocycles. The van der Waals surface area contributed by atoms with E-state index in [1.807, 2.05) is 13.8 Å². The molecule has 0 heterocycles. The standard InChI is InChI=1S/C18H19ClN2O4/c1-11(2)25-14-6-4-13(5-7-14)18(23)21-20-10-12-8-15(19)17(22)16(9-12)24-3/h4-11,22H,1-3H3,(H,21,23)/b20-10+. The van der Waals surface area contributed by atoms with Gasteiger partial charge in [-0.25, -0.2) is 5.43 Å². The summed E-state index contributed by atoms with van der Waals surface area (Å²) in [6.45, 7) is 3.86. The molecule has 6 nitrogen and oxygen atoms in total. The second-order valence-corrected chi connectivity index (χ2v) is 5.85. The quantitative estimate of drug-likeness (QED) is 0.607. The van der Waals surface area contributed by atoms with Crippen molar-refractivity contribution < 1.29 is 19.4 Å². The van der Waals surface area contributed by atoms with Crippen LogP contribution in [0.15, 0.2) is 41.5 Å². The third-order valence-electron chi connectivity index (χ3n) is 3.14. The largest absolute Gasteiger partial charge is 0.503 e. The number of nitrogens with one attached hydrogen (secondary N) is 1. The monoisotopic (exact) mass is 362 g/mol. The summed E-state index contributed by atoms with van der Waals surface area (Å²) in [5.74, 6) is 0.417. The van der Waals surface area contributed by atoms with E-state index in [-0.39, 0.29) is 28.5 Å². The van der Waals surface area contributed by atoms with E-state index in [0.29, 0.717) is 16.9 Å². The first kappa shape index (κ1) is 18.6. The molecule has 2 aromatic carbocycles. The SMILES string of the molecule is COc1cc(/C=N/NC(=O)c2ccc(OC(C)C)cc2)cc(Cl)c1O. The molecule has 0 saturated carbocycles. The van der Waals surface area contributed by atoms with E-state index in [4.69, 9.17) is 21.1 Å². The Balaban J connectivity index is 2.02. The Morgan fingerprint density at radius 1 is 1.28 bits per heavy atom. The zero-order valence-corrected chi connectivity index (χ0v) is 14.9. The fraction of sp³-hybridized carbons (Fsp3) is 0.222. The highest BCUT2D eigenvalue weighted by Gasteiger charge is 2.08. The van der Waals surface area contributed by atoms with Gasteiger partial charge < -0.3 is 14.6 Å². The van der Waals surface area contributed by atoms with Crippen molar-refractivity contribution in [2.24, 2.45) is 5.10 Å². The predicted octanol–water partition coefficient (Wildman–Crippen LogP) is 3.61. The molecule has 0 bridgehead atoms. The van der Waals surface area contributed by atoms with Crippen LogP contribution in [0.5, 0.6) is 17.2 Å². The van der Waals surface area contributed by atoms with Crippen molar-refractivity contribution in [1.29, 1.82) is 0 Å². The molecule has 0 atom stereocenters. The Morgan fingerprint density at radius 3 is 2.56 bits per heavy atom. The smallest absolute Gasteiger partial charge is 0.271 e. The molecule has 0 radical (unpaired) electrons. The number of carbonyl (C=O) groups is 1. The van der Waals surface area contributed by atoms with Gasteiger partial charge in [0.2, 0.25) is 0 Å². The van der Waals surface area contributed by atoms with Crippen LogP contribution in [0.4, 0.5) is 0 Å². The summed E-state index contributed by atoms with van der Waals surface area (Å²) in [5.41, 5.74) is 3.45. The van der Waals surface area contributed by atoms with Crippen LogP contribution in [0, 0.1) is 0 Å². The third kappa shape index (κ3) is 5.12. The number of nitrogens with zero attached hydrogens (tertiary/aromatic N) is 1. The maximum Gasteiger partial charge on any atom is 0.271 e. The molecular weight excluding hydrogens is 344 g/mol. The molecule has 2 aromatic rings. The average Bonchev–Trinajstić information content (AvgIpc) is 2.57. The summed E-state index contributed by atoms with van der Waals surface area (Å²) in [7, 11) is 1.42. The lowest BCUT2D eigenvalue weighted by molar-refractivity contribution is 0.0955. The summed E-state index contributed by atoms with van der Waals surface area (Å²) in [6, 6.07) is 9.82. The number of ether oxygens (including phenoxy) is 2. The molecule has 0 unspecified atom stereocenters. The van der Waals surface area contributed by atoms with Crippen LogP contribution >= 0.6 is 11.6 Å². The maximum absolute atomic E-state index is 12.1. The summed E-state index contributed by atoms with van der Waals surface area (Å²) in [5, 5.41) is 13.7. The normalized spacial score (nSPS) is 10.9. The summed E-state index contributed by atoms with van der Waals surface area (Å²) in [4.78, 5) is 12.1. The Bertz CT molecular complexity index is 773. The molecule has 0 aliphatic heterocycles. The number of halogens is 1. The number of carbonyl (C=O) groups excluding carboxylic acids is 1. The molecule has 25 heavy (non-hydrogen) atoms. The molecule has 2 N–H and O–H groups in total. The Hall–Kier alpha value is -2.73. The topological polar surface area (TPSA) is 80.2 Å². The van der Waals surface area contributed by atoms with E-state index < -0.39 is 0 Å². The van der Waals surface area contributed by atoms with Crippen LogP contribution in [0.2, 0.25) is 5.02 Å². The second kappa shape index (κ2) is 8.39. The van der Waals surface area contributed by atoms with Crippen LogP contribution < -0.4 is 14.9 Å². The zero-order valence-electron chi connectivity index (χ0n) is 14.1. The van der Waals surface area contributed by atoms with Crippen LogP contribution in [0.1, 0.15) is 29.8 Å². The molecule has 1 amide bonds. The van der Waals surface area contributed by atoms with Crippen molar-refractivity contribution in [2.45, 2.75) is 20.0 Å². The molecule has 2 rings (SSSR count). The Morgan fingerprint density at radius 2 is 1.96 bits per heavy atom. The van der Waals surface area contributed by atoms with Crippen molar-refractivity contribution in [3.05, 3.63) is 52.5 Å². The summed E-state index contributed by atoms with van der Waals surface area (Å²) >= 11 is 5.89. The zero-order chi connectivity index (χ0) is 18.4. The number of hydrazone groups is 1. The van der Waals surface area contributed by atoms with Gasteiger partial charge in [0.15, 0.2) is 11.5 Å². The first-order valence-electron chi connectivity index (χ1n) is 7.57. The fourth-order valence-corrected chi connectivity index (χ4v) is 2.23. The highest BCUT2D eigenvalue weighted by Crippen LogP contribution is 2.34.